The average Bonchev–Trinajstić information content (AvgIpc) is 3.12. The monoisotopic (exact) mass is 489 g/mol. The number of hydrogen-bond donors (Lipinski definition) is 2. The molecule has 0 amide bonds. The third-order valence-electron chi connectivity index (χ3n) is 5.26. The smallest absolute Gasteiger partial charge is 0.177 e. The Morgan fingerprint density at radius 2 is 1.94 bits per heavy atom. The topological polar surface area (TPSA) is 93.9 Å². The van der Waals surface area contributed by atoms with Crippen LogP contribution in [-0.2, 0) is 9.84 Å². The zero-order chi connectivity index (χ0) is 22.1. The summed E-state index contributed by atoms with van der Waals surface area (Å²) in [6.45, 7) is 3.50. The molecule has 2 aromatic rings. The van der Waals surface area contributed by atoms with Crippen molar-refractivity contribution < 1.29 is 17.9 Å². The first-order valence-corrected chi connectivity index (χ1v) is 11.9. The van der Waals surface area contributed by atoms with E-state index >= 15 is 0 Å². The summed E-state index contributed by atoms with van der Waals surface area (Å²) in [7, 11) is -0.336. The summed E-state index contributed by atoms with van der Waals surface area (Å²) in [5, 5.41) is 3.83. The molecule has 0 aliphatic carbocycles. The van der Waals surface area contributed by atoms with Crippen LogP contribution in [0.2, 0.25) is 5.02 Å². The summed E-state index contributed by atoms with van der Waals surface area (Å²) >= 11 is 6.26. The molecule has 1 unspecified atom stereocenters. The molecular formula is C21H29Cl2N3O4S. The number of hydrogen-bond acceptors (Lipinski definition) is 7. The highest BCUT2D eigenvalue weighted by atomic mass is 35.5. The maximum Gasteiger partial charge on any atom is 0.177 e. The van der Waals surface area contributed by atoms with E-state index in [1.807, 2.05) is 19.1 Å². The molecule has 0 spiro atoms. The quantitative estimate of drug-likeness (QED) is 0.608. The zero-order valence-electron chi connectivity index (χ0n) is 18.0. The number of nitrogens with two attached hydrogens (primary N) is 1. The molecule has 0 saturated carbocycles. The first-order valence-electron chi connectivity index (χ1n) is 9.66. The lowest BCUT2D eigenvalue weighted by Crippen LogP contribution is -2.26. The second-order valence-electron chi connectivity index (χ2n) is 7.54. The van der Waals surface area contributed by atoms with Crippen LogP contribution in [0.25, 0.3) is 0 Å². The van der Waals surface area contributed by atoms with Gasteiger partial charge in [0.15, 0.2) is 21.3 Å². The van der Waals surface area contributed by atoms with Gasteiger partial charge in [0.2, 0.25) is 0 Å². The Morgan fingerprint density at radius 3 is 2.48 bits per heavy atom. The fourth-order valence-corrected chi connectivity index (χ4v) is 4.81. The molecule has 7 nitrogen and oxygen atoms in total. The van der Waals surface area contributed by atoms with Gasteiger partial charge in [-0.1, -0.05) is 11.6 Å². The lowest BCUT2D eigenvalue weighted by molar-refractivity contribution is 0.350. The van der Waals surface area contributed by atoms with Gasteiger partial charge in [0.05, 0.1) is 30.8 Å². The second-order valence-corrected chi connectivity index (χ2v) is 9.96. The van der Waals surface area contributed by atoms with E-state index < -0.39 is 9.84 Å². The van der Waals surface area contributed by atoms with Gasteiger partial charge in [-0.05, 0) is 37.6 Å². The van der Waals surface area contributed by atoms with Gasteiger partial charge in [-0.3, -0.25) is 0 Å². The maximum atomic E-state index is 12.4. The molecule has 2 aromatic carbocycles. The van der Waals surface area contributed by atoms with Gasteiger partial charge in [0.25, 0.3) is 0 Å². The van der Waals surface area contributed by atoms with E-state index in [0.29, 0.717) is 22.2 Å². The van der Waals surface area contributed by atoms with E-state index in [2.05, 4.69) is 10.2 Å². The van der Waals surface area contributed by atoms with Crippen LogP contribution in [0, 0.1) is 0 Å². The minimum Gasteiger partial charge on any atom is -0.493 e. The molecule has 0 aromatic heterocycles. The van der Waals surface area contributed by atoms with E-state index in [1.54, 1.807) is 32.4 Å². The highest BCUT2D eigenvalue weighted by molar-refractivity contribution is 7.90. The largest absolute Gasteiger partial charge is 0.493 e. The van der Waals surface area contributed by atoms with Crippen molar-refractivity contribution in [2.75, 3.05) is 43.8 Å². The lowest BCUT2D eigenvalue weighted by atomic mass is 10.1. The minimum atomic E-state index is -3.44. The molecular weight excluding hydrogens is 461 g/mol. The standard InChI is InChI=1S/C21H28ClN3O4S.ClH/c1-13(17-9-14(22)10-19(28-2)21(17)29-3)24-18-11-16(25-8-7-15(23)12-25)5-6-20(18)30(4,26)27;/h5-6,9-11,13,15,24H,7-8,12,23H2,1-4H3;1H/t13?,15-;/m1./s1. The Labute approximate surface area is 195 Å². The number of halogens is 2. The maximum absolute atomic E-state index is 12.4. The Hall–Kier alpha value is -1.87. The summed E-state index contributed by atoms with van der Waals surface area (Å²) in [6, 6.07) is 8.60. The predicted molar refractivity (Wildman–Crippen MR) is 128 cm³/mol. The van der Waals surface area contributed by atoms with Crippen molar-refractivity contribution in [2.24, 2.45) is 5.73 Å². The van der Waals surface area contributed by atoms with Crippen molar-refractivity contribution in [1.82, 2.24) is 0 Å². The third kappa shape index (κ3) is 5.68. The molecule has 31 heavy (non-hydrogen) atoms. The zero-order valence-corrected chi connectivity index (χ0v) is 20.4. The van der Waals surface area contributed by atoms with E-state index in [-0.39, 0.29) is 29.4 Å². The van der Waals surface area contributed by atoms with E-state index in [1.165, 1.54) is 6.26 Å². The van der Waals surface area contributed by atoms with Gasteiger partial charge in [-0.25, -0.2) is 8.42 Å². The number of nitrogens with one attached hydrogen (secondary N) is 1. The Bertz CT molecular complexity index is 1030. The van der Waals surface area contributed by atoms with Crippen LogP contribution in [0.4, 0.5) is 11.4 Å². The van der Waals surface area contributed by atoms with Crippen LogP contribution in [0.15, 0.2) is 35.2 Å². The van der Waals surface area contributed by atoms with Gasteiger partial charge in [-0.15, -0.1) is 12.4 Å². The van der Waals surface area contributed by atoms with Gasteiger partial charge in [0, 0.05) is 47.7 Å². The fraction of sp³-hybridized carbons (Fsp3) is 0.429. The summed E-state index contributed by atoms with van der Waals surface area (Å²) in [5.41, 5.74) is 8.25. The van der Waals surface area contributed by atoms with Crippen molar-refractivity contribution in [1.29, 1.82) is 0 Å². The summed E-state index contributed by atoms with van der Waals surface area (Å²) in [6.07, 6.45) is 2.11. The van der Waals surface area contributed by atoms with Gasteiger partial charge >= 0.3 is 0 Å². The van der Waals surface area contributed by atoms with Crippen LogP contribution in [-0.4, -0.2) is 48.0 Å². The minimum absolute atomic E-state index is 0. The molecule has 2 atom stereocenters. The first-order chi connectivity index (χ1) is 14.1. The molecule has 172 valence electrons. The number of nitrogens with zero attached hydrogens (tertiary/aromatic N) is 1. The molecule has 3 rings (SSSR count). The number of sulfone groups is 1. The number of anilines is 2. The van der Waals surface area contributed by atoms with Gasteiger partial charge in [0.1, 0.15) is 0 Å². The molecule has 1 heterocycles. The van der Waals surface area contributed by atoms with Gasteiger partial charge < -0.3 is 25.4 Å². The van der Waals surface area contributed by atoms with Crippen LogP contribution in [0.1, 0.15) is 24.9 Å². The third-order valence-corrected chi connectivity index (χ3v) is 6.64. The summed E-state index contributed by atoms with van der Waals surface area (Å²) in [5.74, 6) is 1.06. The lowest BCUT2D eigenvalue weighted by Gasteiger charge is -2.24. The SMILES string of the molecule is COc1cc(Cl)cc(C(C)Nc2cc(N3CC[C@@H](N)C3)ccc2S(C)(=O)=O)c1OC.Cl. The van der Waals surface area contributed by atoms with Crippen molar-refractivity contribution in [3.63, 3.8) is 0 Å². The van der Waals surface area contributed by atoms with Crippen molar-refractivity contribution in [2.45, 2.75) is 30.3 Å². The molecule has 1 aliphatic heterocycles. The first kappa shape index (κ1) is 25.4. The van der Waals surface area contributed by atoms with Crippen molar-refractivity contribution in [3.8, 4) is 11.5 Å². The number of rotatable bonds is 7. The van der Waals surface area contributed by atoms with Crippen molar-refractivity contribution >= 4 is 45.2 Å². The molecule has 0 bridgehead atoms. The van der Waals surface area contributed by atoms with E-state index in [9.17, 15) is 8.42 Å². The fourth-order valence-electron chi connectivity index (χ4n) is 3.76. The van der Waals surface area contributed by atoms with Crippen LogP contribution < -0.4 is 25.4 Å². The Morgan fingerprint density at radius 1 is 1.23 bits per heavy atom. The van der Waals surface area contributed by atoms with E-state index in [4.69, 9.17) is 26.8 Å². The molecule has 1 saturated heterocycles. The Kier molecular flexibility index (Phi) is 8.33. The average molecular weight is 490 g/mol. The van der Waals surface area contributed by atoms with Crippen LogP contribution in [0.3, 0.4) is 0 Å². The highest BCUT2D eigenvalue weighted by Gasteiger charge is 2.24. The van der Waals surface area contributed by atoms with Crippen LogP contribution in [0.5, 0.6) is 11.5 Å². The normalized spacial score (nSPS) is 17.1. The molecule has 1 fully saturated rings. The number of benzene rings is 2. The Balaban J connectivity index is 0.00000341. The molecule has 1 aliphatic rings. The van der Waals surface area contributed by atoms with Gasteiger partial charge in [-0.2, -0.15) is 0 Å². The summed E-state index contributed by atoms with van der Waals surface area (Å²) in [4.78, 5) is 2.39. The number of methoxy groups -OCH3 is 2. The number of ether oxygens (including phenoxy) is 2. The molecule has 0 radical (unpaired) electrons. The molecule has 10 heteroatoms. The predicted octanol–water partition coefficient (Wildman–Crippen LogP) is 3.89. The molecule has 3 N–H and O–H groups in total. The van der Waals surface area contributed by atoms with E-state index in [0.717, 1.165) is 30.8 Å². The summed E-state index contributed by atoms with van der Waals surface area (Å²) < 4.78 is 35.7. The second kappa shape index (κ2) is 10.2. The highest BCUT2D eigenvalue weighted by Crippen LogP contribution is 2.40. The van der Waals surface area contributed by atoms with Crippen LogP contribution >= 0.6 is 24.0 Å². The van der Waals surface area contributed by atoms with Crippen molar-refractivity contribution in [3.05, 3.63) is 40.9 Å².